The minimum absolute atomic E-state index is 0.0578. The van der Waals surface area contributed by atoms with E-state index in [4.69, 9.17) is 5.11 Å². The summed E-state index contributed by atoms with van der Waals surface area (Å²) < 4.78 is 0. The van der Waals surface area contributed by atoms with Gasteiger partial charge in [-0.3, -0.25) is 19.3 Å². The number of imide groups is 1. The van der Waals surface area contributed by atoms with Crippen LogP contribution < -0.4 is 0 Å². The summed E-state index contributed by atoms with van der Waals surface area (Å²) in [5.41, 5.74) is 1.82. The molecule has 0 saturated heterocycles. The summed E-state index contributed by atoms with van der Waals surface area (Å²) in [4.78, 5) is 35.7. The van der Waals surface area contributed by atoms with Gasteiger partial charge in [0.25, 0.3) is 11.8 Å². The molecule has 1 aliphatic rings. The molecule has 5 nitrogen and oxygen atoms in total. The van der Waals surface area contributed by atoms with Crippen LogP contribution in [0.5, 0.6) is 0 Å². The Morgan fingerprint density at radius 2 is 1.84 bits per heavy atom. The minimum Gasteiger partial charge on any atom is -0.481 e. The van der Waals surface area contributed by atoms with E-state index in [1.54, 1.807) is 18.2 Å². The van der Waals surface area contributed by atoms with Gasteiger partial charge in [0.05, 0.1) is 11.1 Å². The number of carbonyl (C=O) groups is 3. The van der Waals surface area contributed by atoms with E-state index in [1.807, 2.05) is 6.92 Å². The van der Waals surface area contributed by atoms with Crippen molar-refractivity contribution in [3.63, 3.8) is 0 Å². The zero-order valence-corrected chi connectivity index (χ0v) is 10.7. The Hall–Kier alpha value is -2.17. The van der Waals surface area contributed by atoms with Crippen LogP contribution in [0.15, 0.2) is 18.2 Å². The van der Waals surface area contributed by atoms with E-state index >= 15 is 0 Å². The smallest absolute Gasteiger partial charge is 0.303 e. The van der Waals surface area contributed by atoms with Gasteiger partial charge in [0.1, 0.15) is 0 Å². The summed E-state index contributed by atoms with van der Waals surface area (Å²) in [6, 6.07) is 5.19. The van der Waals surface area contributed by atoms with Crippen molar-refractivity contribution in [1.82, 2.24) is 4.90 Å². The average molecular weight is 261 g/mol. The fraction of sp³-hybridized carbons (Fsp3) is 0.357. The molecule has 0 atom stereocenters. The summed E-state index contributed by atoms with van der Waals surface area (Å²) in [6.07, 6.45) is 1.03. The van der Waals surface area contributed by atoms with Crippen LogP contribution in [0.3, 0.4) is 0 Å². The molecule has 0 fully saturated rings. The predicted octanol–water partition coefficient (Wildman–Crippen LogP) is 1.85. The lowest BCUT2D eigenvalue weighted by Crippen LogP contribution is -2.30. The summed E-state index contributed by atoms with van der Waals surface area (Å²) in [5, 5.41) is 8.53. The molecule has 0 radical (unpaired) electrons. The van der Waals surface area contributed by atoms with E-state index in [2.05, 4.69) is 0 Å². The van der Waals surface area contributed by atoms with Crippen molar-refractivity contribution < 1.29 is 19.5 Å². The number of fused-ring (bicyclic) bond motifs is 1. The largest absolute Gasteiger partial charge is 0.481 e. The number of hydrogen-bond donors (Lipinski definition) is 1. The molecular weight excluding hydrogens is 246 g/mol. The fourth-order valence-electron chi connectivity index (χ4n) is 2.15. The van der Waals surface area contributed by atoms with Gasteiger partial charge >= 0.3 is 5.97 Å². The molecule has 0 spiro atoms. The molecule has 5 heteroatoms. The van der Waals surface area contributed by atoms with Gasteiger partial charge in [0.2, 0.25) is 0 Å². The fourth-order valence-corrected chi connectivity index (χ4v) is 2.15. The number of rotatable bonds is 5. The van der Waals surface area contributed by atoms with Crippen LogP contribution in [0.1, 0.15) is 45.5 Å². The molecule has 0 aliphatic carbocycles. The Morgan fingerprint density at radius 1 is 1.16 bits per heavy atom. The Kier molecular flexibility index (Phi) is 3.64. The monoisotopic (exact) mass is 261 g/mol. The predicted molar refractivity (Wildman–Crippen MR) is 68.0 cm³/mol. The van der Waals surface area contributed by atoms with Crippen LogP contribution in [-0.2, 0) is 4.79 Å². The quantitative estimate of drug-likeness (QED) is 0.648. The first-order valence-electron chi connectivity index (χ1n) is 6.19. The van der Waals surface area contributed by atoms with Crippen molar-refractivity contribution >= 4 is 17.8 Å². The second-order valence-corrected chi connectivity index (χ2v) is 4.66. The number of hydrogen-bond acceptors (Lipinski definition) is 3. The van der Waals surface area contributed by atoms with Crippen LogP contribution in [-0.4, -0.2) is 34.3 Å². The molecule has 1 N–H and O–H groups in total. The number of carboxylic acid groups (broad SMARTS) is 1. The third kappa shape index (κ3) is 2.65. The number of unbranched alkanes of at least 4 members (excludes halogenated alkanes) is 1. The second kappa shape index (κ2) is 5.22. The van der Waals surface area contributed by atoms with Crippen molar-refractivity contribution in [2.24, 2.45) is 0 Å². The van der Waals surface area contributed by atoms with Crippen molar-refractivity contribution in [3.8, 4) is 0 Å². The molecule has 2 rings (SSSR count). The zero-order valence-electron chi connectivity index (χ0n) is 10.7. The molecule has 1 aromatic rings. The summed E-state index contributed by atoms with van der Waals surface area (Å²) >= 11 is 0. The molecule has 0 bridgehead atoms. The average Bonchev–Trinajstić information content (AvgIpc) is 2.58. The SMILES string of the molecule is Cc1ccc2c(c1)C(=O)N(CCCCC(=O)O)C2=O. The molecule has 1 heterocycles. The minimum atomic E-state index is -0.863. The Bertz CT molecular complexity index is 550. The van der Waals surface area contributed by atoms with Gasteiger partial charge in [-0.25, -0.2) is 0 Å². The van der Waals surface area contributed by atoms with E-state index in [9.17, 15) is 14.4 Å². The Labute approximate surface area is 110 Å². The molecular formula is C14H15NO4. The Balaban J connectivity index is 2.04. The molecule has 0 saturated carbocycles. The van der Waals surface area contributed by atoms with Gasteiger partial charge in [-0.2, -0.15) is 0 Å². The highest BCUT2D eigenvalue weighted by Gasteiger charge is 2.34. The lowest BCUT2D eigenvalue weighted by Gasteiger charge is -2.12. The highest BCUT2D eigenvalue weighted by molar-refractivity contribution is 6.21. The number of amides is 2. The topological polar surface area (TPSA) is 74.7 Å². The molecule has 0 unspecified atom stereocenters. The van der Waals surface area contributed by atoms with E-state index in [-0.39, 0.29) is 24.8 Å². The third-order valence-electron chi connectivity index (χ3n) is 3.15. The third-order valence-corrected chi connectivity index (χ3v) is 3.15. The van der Waals surface area contributed by atoms with Gasteiger partial charge in [-0.05, 0) is 31.9 Å². The van der Waals surface area contributed by atoms with Crippen molar-refractivity contribution in [2.45, 2.75) is 26.2 Å². The van der Waals surface area contributed by atoms with E-state index in [1.165, 1.54) is 4.90 Å². The van der Waals surface area contributed by atoms with Crippen LogP contribution in [0.2, 0.25) is 0 Å². The van der Waals surface area contributed by atoms with Crippen molar-refractivity contribution in [2.75, 3.05) is 6.54 Å². The normalized spacial score (nSPS) is 13.8. The lowest BCUT2D eigenvalue weighted by molar-refractivity contribution is -0.137. The number of nitrogens with zero attached hydrogens (tertiary/aromatic N) is 1. The maximum Gasteiger partial charge on any atom is 0.303 e. The molecule has 0 aromatic heterocycles. The van der Waals surface area contributed by atoms with Crippen LogP contribution >= 0.6 is 0 Å². The van der Waals surface area contributed by atoms with Gasteiger partial charge in [-0.15, -0.1) is 0 Å². The van der Waals surface area contributed by atoms with Crippen LogP contribution in [0, 0.1) is 6.92 Å². The van der Waals surface area contributed by atoms with Crippen LogP contribution in [0.4, 0.5) is 0 Å². The molecule has 100 valence electrons. The first-order valence-corrected chi connectivity index (χ1v) is 6.19. The maximum atomic E-state index is 12.1. The van der Waals surface area contributed by atoms with Gasteiger partial charge in [-0.1, -0.05) is 11.6 Å². The summed E-state index contributed by atoms with van der Waals surface area (Å²) in [6.45, 7) is 2.15. The first kappa shape index (κ1) is 13.3. The Morgan fingerprint density at radius 3 is 2.53 bits per heavy atom. The van der Waals surface area contributed by atoms with Crippen LogP contribution in [0.25, 0.3) is 0 Å². The van der Waals surface area contributed by atoms with Gasteiger partial charge < -0.3 is 5.11 Å². The van der Waals surface area contributed by atoms with Crippen molar-refractivity contribution in [1.29, 1.82) is 0 Å². The van der Waals surface area contributed by atoms with E-state index in [0.717, 1.165) is 5.56 Å². The van der Waals surface area contributed by atoms with Gasteiger partial charge in [0, 0.05) is 13.0 Å². The second-order valence-electron chi connectivity index (χ2n) is 4.66. The number of aliphatic carboxylic acids is 1. The maximum absolute atomic E-state index is 12.1. The van der Waals surface area contributed by atoms with E-state index in [0.29, 0.717) is 24.0 Å². The standard InChI is InChI=1S/C14H15NO4/c1-9-5-6-10-11(8-9)14(19)15(13(10)18)7-3-2-4-12(16)17/h5-6,8H,2-4,7H2,1H3,(H,16,17). The zero-order chi connectivity index (χ0) is 14.0. The highest BCUT2D eigenvalue weighted by Crippen LogP contribution is 2.24. The number of benzene rings is 1. The van der Waals surface area contributed by atoms with Crippen molar-refractivity contribution in [3.05, 3.63) is 34.9 Å². The summed E-state index contributed by atoms with van der Waals surface area (Å²) in [5.74, 6) is -1.42. The number of carbonyl (C=O) groups excluding carboxylic acids is 2. The molecule has 1 aliphatic heterocycles. The van der Waals surface area contributed by atoms with E-state index < -0.39 is 5.97 Å². The highest BCUT2D eigenvalue weighted by atomic mass is 16.4. The number of carboxylic acids is 1. The molecule has 2 amide bonds. The van der Waals surface area contributed by atoms with Gasteiger partial charge in [0.15, 0.2) is 0 Å². The lowest BCUT2D eigenvalue weighted by atomic mass is 10.1. The first-order chi connectivity index (χ1) is 9.00. The molecule has 19 heavy (non-hydrogen) atoms. The summed E-state index contributed by atoms with van der Waals surface area (Å²) in [7, 11) is 0. The number of aryl methyl sites for hydroxylation is 1. The molecule has 1 aromatic carbocycles.